The van der Waals surface area contributed by atoms with E-state index in [1.54, 1.807) is 16.9 Å². The second-order valence-electron chi connectivity index (χ2n) is 5.71. The molecule has 3 rings (SSSR count). The van der Waals surface area contributed by atoms with Crippen LogP contribution in [0.1, 0.15) is 17.4 Å². The van der Waals surface area contributed by atoms with Gasteiger partial charge in [-0.3, -0.25) is 4.79 Å². The summed E-state index contributed by atoms with van der Waals surface area (Å²) in [6.07, 6.45) is 1.77. The summed E-state index contributed by atoms with van der Waals surface area (Å²) < 4.78 is 1.65. The fourth-order valence-corrected chi connectivity index (χ4v) is 3.02. The van der Waals surface area contributed by atoms with Gasteiger partial charge in [0.05, 0.1) is 10.7 Å². The molecule has 0 N–H and O–H groups in total. The highest BCUT2D eigenvalue weighted by molar-refractivity contribution is 6.32. The molecule has 0 spiro atoms. The van der Waals surface area contributed by atoms with Crippen molar-refractivity contribution in [2.24, 2.45) is 0 Å². The number of likely N-dealkylation sites (N-methyl/N-ethyl adjacent to an activating group) is 1. The number of para-hydroxylation sites is 1. The molecule has 2 heterocycles. The Balaban J connectivity index is 1.82. The van der Waals surface area contributed by atoms with E-state index in [-0.39, 0.29) is 11.9 Å². The fraction of sp³-hybridized carbons (Fsp3) is 0.375. The highest BCUT2D eigenvalue weighted by Crippen LogP contribution is 2.20. The zero-order chi connectivity index (χ0) is 15.7. The Morgan fingerprint density at radius 1 is 1.27 bits per heavy atom. The van der Waals surface area contributed by atoms with Crippen LogP contribution in [0.15, 0.2) is 36.5 Å². The number of aromatic nitrogens is 2. The van der Waals surface area contributed by atoms with Gasteiger partial charge in [0.2, 0.25) is 0 Å². The van der Waals surface area contributed by atoms with Gasteiger partial charge >= 0.3 is 0 Å². The molecule has 1 atom stereocenters. The Morgan fingerprint density at radius 3 is 2.77 bits per heavy atom. The van der Waals surface area contributed by atoms with E-state index in [1.807, 2.05) is 29.2 Å². The molecule has 0 saturated carbocycles. The smallest absolute Gasteiger partial charge is 0.274 e. The molecular formula is C16H19ClN4O. The van der Waals surface area contributed by atoms with E-state index < -0.39 is 0 Å². The van der Waals surface area contributed by atoms with Gasteiger partial charge < -0.3 is 9.80 Å². The molecule has 0 unspecified atom stereocenters. The Hall–Kier alpha value is -1.85. The molecule has 116 valence electrons. The summed E-state index contributed by atoms with van der Waals surface area (Å²) in [5, 5.41) is 5.01. The minimum absolute atomic E-state index is 0.0218. The molecule has 1 aromatic heterocycles. The molecule has 0 bridgehead atoms. The van der Waals surface area contributed by atoms with E-state index in [0.29, 0.717) is 10.7 Å². The van der Waals surface area contributed by atoms with Crippen LogP contribution in [0.25, 0.3) is 5.69 Å². The SMILES string of the molecule is C[C@@H]1CN(C)CCN1C(=O)c1ccn(-c2ccccc2Cl)n1. The Kier molecular flexibility index (Phi) is 4.18. The summed E-state index contributed by atoms with van der Waals surface area (Å²) >= 11 is 6.17. The van der Waals surface area contributed by atoms with Gasteiger partial charge in [-0.15, -0.1) is 0 Å². The van der Waals surface area contributed by atoms with Gasteiger partial charge in [-0.1, -0.05) is 23.7 Å². The predicted molar refractivity (Wildman–Crippen MR) is 86.6 cm³/mol. The minimum atomic E-state index is -0.0218. The second kappa shape index (κ2) is 6.10. The van der Waals surface area contributed by atoms with Gasteiger partial charge in [-0.2, -0.15) is 5.10 Å². The molecule has 1 fully saturated rings. The van der Waals surface area contributed by atoms with Gasteiger partial charge in [-0.25, -0.2) is 4.68 Å². The van der Waals surface area contributed by atoms with Crippen molar-refractivity contribution in [1.82, 2.24) is 19.6 Å². The Bertz CT molecular complexity index is 684. The van der Waals surface area contributed by atoms with Crippen molar-refractivity contribution in [2.45, 2.75) is 13.0 Å². The summed E-state index contributed by atoms with van der Waals surface area (Å²) in [6.45, 7) is 4.58. The normalized spacial score (nSPS) is 19.4. The van der Waals surface area contributed by atoms with Crippen molar-refractivity contribution in [1.29, 1.82) is 0 Å². The Labute approximate surface area is 135 Å². The van der Waals surface area contributed by atoms with E-state index in [2.05, 4.69) is 24.0 Å². The standard InChI is InChI=1S/C16H19ClN4O/c1-12-11-19(2)9-10-20(12)16(22)14-7-8-21(18-14)15-6-4-3-5-13(15)17/h3-8,12H,9-11H2,1-2H3/t12-/m1/s1. The quantitative estimate of drug-likeness (QED) is 0.853. The highest BCUT2D eigenvalue weighted by atomic mass is 35.5. The lowest BCUT2D eigenvalue weighted by Gasteiger charge is -2.37. The largest absolute Gasteiger partial charge is 0.332 e. The highest BCUT2D eigenvalue weighted by Gasteiger charge is 2.27. The van der Waals surface area contributed by atoms with Crippen molar-refractivity contribution < 1.29 is 4.79 Å². The maximum Gasteiger partial charge on any atom is 0.274 e. The minimum Gasteiger partial charge on any atom is -0.332 e. The van der Waals surface area contributed by atoms with Crippen molar-refractivity contribution >= 4 is 17.5 Å². The molecule has 1 aliphatic rings. The maximum atomic E-state index is 12.6. The van der Waals surface area contributed by atoms with Crippen LogP contribution in [-0.2, 0) is 0 Å². The number of hydrogen-bond acceptors (Lipinski definition) is 3. The van der Waals surface area contributed by atoms with Crippen LogP contribution in [0.5, 0.6) is 0 Å². The number of halogens is 1. The number of nitrogens with zero attached hydrogens (tertiary/aromatic N) is 4. The van der Waals surface area contributed by atoms with Crippen LogP contribution in [0.4, 0.5) is 0 Å². The van der Waals surface area contributed by atoms with Crippen LogP contribution in [-0.4, -0.2) is 58.2 Å². The van der Waals surface area contributed by atoms with Gasteiger partial charge in [0, 0.05) is 31.9 Å². The first-order chi connectivity index (χ1) is 10.6. The molecule has 0 radical (unpaired) electrons. The lowest BCUT2D eigenvalue weighted by Crippen LogP contribution is -2.52. The van der Waals surface area contributed by atoms with Crippen molar-refractivity contribution in [3.05, 3.63) is 47.2 Å². The molecule has 1 saturated heterocycles. The molecule has 22 heavy (non-hydrogen) atoms. The maximum absolute atomic E-state index is 12.6. The fourth-order valence-electron chi connectivity index (χ4n) is 2.80. The summed E-state index contributed by atoms with van der Waals surface area (Å²) in [5.74, 6) is -0.0218. The third-order valence-corrected chi connectivity index (χ3v) is 4.32. The number of benzene rings is 1. The summed E-state index contributed by atoms with van der Waals surface area (Å²) in [4.78, 5) is 16.8. The molecule has 1 aliphatic heterocycles. The third kappa shape index (κ3) is 2.87. The predicted octanol–water partition coefficient (Wildman–Crippen LogP) is 2.30. The van der Waals surface area contributed by atoms with E-state index in [4.69, 9.17) is 11.6 Å². The summed E-state index contributed by atoms with van der Waals surface area (Å²) in [5.41, 5.74) is 1.23. The molecule has 2 aromatic rings. The molecule has 0 aliphatic carbocycles. The van der Waals surface area contributed by atoms with E-state index in [0.717, 1.165) is 25.3 Å². The van der Waals surface area contributed by atoms with Crippen molar-refractivity contribution in [2.75, 3.05) is 26.7 Å². The van der Waals surface area contributed by atoms with E-state index in [1.165, 1.54) is 0 Å². The second-order valence-corrected chi connectivity index (χ2v) is 6.11. The zero-order valence-electron chi connectivity index (χ0n) is 12.7. The summed E-state index contributed by atoms with van der Waals surface area (Å²) in [6, 6.07) is 9.39. The van der Waals surface area contributed by atoms with Gasteiger partial charge in [0.1, 0.15) is 0 Å². The van der Waals surface area contributed by atoms with Crippen LogP contribution in [0.2, 0.25) is 5.02 Å². The lowest BCUT2D eigenvalue weighted by atomic mass is 10.2. The molecule has 6 heteroatoms. The van der Waals surface area contributed by atoms with Crippen LogP contribution >= 0.6 is 11.6 Å². The first-order valence-electron chi connectivity index (χ1n) is 7.36. The topological polar surface area (TPSA) is 41.4 Å². The van der Waals surface area contributed by atoms with Crippen molar-refractivity contribution in [3.8, 4) is 5.69 Å². The number of carbonyl (C=O) groups excluding carboxylic acids is 1. The van der Waals surface area contributed by atoms with Gasteiger partial charge in [0.15, 0.2) is 5.69 Å². The average molecular weight is 319 g/mol. The van der Waals surface area contributed by atoms with Crippen LogP contribution < -0.4 is 0 Å². The Morgan fingerprint density at radius 2 is 2.05 bits per heavy atom. The van der Waals surface area contributed by atoms with Gasteiger partial charge in [0.25, 0.3) is 5.91 Å². The first kappa shape index (κ1) is 15.1. The van der Waals surface area contributed by atoms with E-state index in [9.17, 15) is 4.79 Å². The van der Waals surface area contributed by atoms with Crippen molar-refractivity contribution in [3.63, 3.8) is 0 Å². The third-order valence-electron chi connectivity index (χ3n) is 4.00. The van der Waals surface area contributed by atoms with Crippen LogP contribution in [0, 0.1) is 0 Å². The number of carbonyl (C=O) groups is 1. The zero-order valence-corrected chi connectivity index (χ0v) is 13.5. The van der Waals surface area contributed by atoms with E-state index >= 15 is 0 Å². The van der Waals surface area contributed by atoms with Gasteiger partial charge in [-0.05, 0) is 32.2 Å². The lowest BCUT2D eigenvalue weighted by molar-refractivity contribution is 0.0527. The molecule has 1 amide bonds. The first-order valence-corrected chi connectivity index (χ1v) is 7.74. The number of piperazine rings is 1. The number of amides is 1. The molecular weight excluding hydrogens is 300 g/mol. The molecule has 5 nitrogen and oxygen atoms in total. The average Bonchev–Trinajstić information content (AvgIpc) is 2.97. The number of rotatable bonds is 2. The number of hydrogen-bond donors (Lipinski definition) is 0. The monoisotopic (exact) mass is 318 g/mol. The molecule has 1 aromatic carbocycles. The summed E-state index contributed by atoms with van der Waals surface area (Å²) in [7, 11) is 2.07. The van der Waals surface area contributed by atoms with Crippen LogP contribution in [0.3, 0.4) is 0 Å².